The van der Waals surface area contributed by atoms with Gasteiger partial charge in [-0.1, -0.05) is 30.3 Å². The van der Waals surface area contributed by atoms with E-state index >= 15 is 0 Å². The number of pyridine rings is 1. The average Bonchev–Trinajstić information content (AvgIpc) is 2.99. The number of rotatable bonds is 7. The Kier molecular flexibility index (Phi) is 6.65. The molecule has 1 aromatic heterocycles. The summed E-state index contributed by atoms with van der Waals surface area (Å²) in [6.45, 7) is 3.31. The van der Waals surface area contributed by atoms with Gasteiger partial charge in [0, 0.05) is 31.1 Å². The van der Waals surface area contributed by atoms with E-state index in [4.69, 9.17) is 9.47 Å². The van der Waals surface area contributed by atoms with Crippen molar-refractivity contribution < 1.29 is 19.1 Å². The van der Waals surface area contributed by atoms with Gasteiger partial charge in [-0.25, -0.2) is 4.98 Å². The van der Waals surface area contributed by atoms with Crippen LogP contribution in [-0.4, -0.2) is 23.4 Å². The highest BCUT2D eigenvalue weighted by molar-refractivity contribution is 5.96. The van der Waals surface area contributed by atoms with E-state index in [1.165, 1.54) is 0 Å². The second-order valence-corrected chi connectivity index (χ2v) is 7.37. The first-order valence-corrected chi connectivity index (χ1v) is 10.6. The molecule has 32 heavy (non-hydrogen) atoms. The highest BCUT2D eigenvalue weighted by atomic mass is 16.5. The van der Waals surface area contributed by atoms with Crippen molar-refractivity contribution in [3.8, 4) is 17.4 Å². The van der Waals surface area contributed by atoms with Crippen LogP contribution in [0, 0.1) is 0 Å². The van der Waals surface area contributed by atoms with Gasteiger partial charge in [-0.3, -0.25) is 9.59 Å². The van der Waals surface area contributed by atoms with Crippen LogP contribution in [0.5, 0.6) is 17.4 Å². The van der Waals surface area contributed by atoms with Crippen molar-refractivity contribution in [2.75, 3.05) is 11.5 Å². The molecule has 0 atom stereocenters. The van der Waals surface area contributed by atoms with Crippen LogP contribution in [0.3, 0.4) is 0 Å². The number of hydrogen-bond acceptors (Lipinski definition) is 5. The fraction of sp³-hybridized carbons (Fsp3) is 0.240. The molecule has 7 heteroatoms. The second kappa shape index (κ2) is 9.96. The molecular weight excluding hydrogens is 406 g/mol. The van der Waals surface area contributed by atoms with E-state index in [1.54, 1.807) is 23.2 Å². The molecule has 3 aromatic rings. The molecule has 1 aliphatic rings. The van der Waals surface area contributed by atoms with E-state index in [2.05, 4.69) is 10.3 Å². The van der Waals surface area contributed by atoms with Gasteiger partial charge in [-0.2, -0.15) is 0 Å². The number of aromatic nitrogens is 1. The fourth-order valence-corrected chi connectivity index (χ4v) is 3.50. The summed E-state index contributed by atoms with van der Waals surface area (Å²) in [5, 5.41) is 2.87. The predicted octanol–water partition coefficient (Wildman–Crippen LogP) is 4.22. The third-order valence-corrected chi connectivity index (χ3v) is 5.14. The first kappa shape index (κ1) is 21.4. The minimum Gasteiger partial charge on any atom is -0.494 e. The van der Waals surface area contributed by atoms with Crippen molar-refractivity contribution in [2.24, 2.45) is 0 Å². The fourth-order valence-electron chi connectivity index (χ4n) is 3.50. The Morgan fingerprint density at radius 3 is 2.69 bits per heavy atom. The molecule has 0 fully saturated rings. The maximum absolute atomic E-state index is 13.0. The Balaban J connectivity index is 1.36. The maximum atomic E-state index is 13.0. The summed E-state index contributed by atoms with van der Waals surface area (Å²) < 4.78 is 11.3. The van der Waals surface area contributed by atoms with Crippen molar-refractivity contribution >= 4 is 17.5 Å². The number of nitrogens with zero attached hydrogens (tertiary/aromatic N) is 2. The molecule has 4 rings (SSSR count). The zero-order chi connectivity index (χ0) is 22.3. The summed E-state index contributed by atoms with van der Waals surface area (Å²) in [4.78, 5) is 31.3. The van der Waals surface area contributed by atoms with Crippen molar-refractivity contribution in [3.05, 3.63) is 78.0 Å². The van der Waals surface area contributed by atoms with Crippen LogP contribution in [0.2, 0.25) is 0 Å². The van der Waals surface area contributed by atoms with Crippen LogP contribution in [-0.2, 0) is 22.7 Å². The molecule has 1 N–H and O–H groups in total. The van der Waals surface area contributed by atoms with Gasteiger partial charge in [-0.05, 0) is 42.8 Å². The molecule has 2 heterocycles. The highest BCUT2D eigenvalue weighted by Crippen LogP contribution is 2.37. The summed E-state index contributed by atoms with van der Waals surface area (Å²) in [7, 11) is 0. The third-order valence-electron chi connectivity index (χ3n) is 5.14. The number of fused-ring (bicyclic) bond motifs is 2. The largest absolute Gasteiger partial charge is 0.494 e. The van der Waals surface area contributed by atoms with E-state index in [1.807, 2.05) is 55.5 Å². The molecule has 164 valence electrons. The minimum atomic E-state index is -0.176. The highest BCUT2D eigenvalue weighted by Gasteiger charge is 2.26. The smallest absolute Gasteiger partial charge is 0.243 e. The van der Waals surface area contributed by atoms with Crippen LogP contribution >= 0.6 is 0 Å². The summed E-state index contributed by atoms with van der Waals surface area (Å²) in [6, 6.07) is 18.7. The number of hydrogen-bond donors (Lipinski definition) is 1. The Labute approximate surface area is 187 Å². The van der Waals surface area contributed by atoms with Gasteiger partial charge in [-0.15, -0.1) is 0 Å². The number of para-hydroxylation sites is 1. The number of amides is 2. The standard InChI is InChI=1S/C25H25N3O4/c1-2-31-20-11-9-18(10-12-20)16-27-23(29)13-14-24(30)28-17-19-6-3-4-8-22(19)32-25-21(28)7-5-15-26-25/h3-12,15H,2,13-14,16-17H2,1H3,(H,27,29). The van der Waals surface area contributed by atoms with Crippen molar-refractivity contribution in [1.29, 1.82) is 0 Å². The molecule has 7 nitrogen and oxygen atoms in total. The van der Waals surface area contributed by atoms with Crippen molar-refractivity contribution in [3.63, 3.8) is 0 Å². The van der Waals surface area contributed by atoms with Gasteiger partial charge in [0.2, 0.25) is 17.7 Å². The zero-order valence-electron chi connectivity index (χ0n) is 17.9. The predicted molar refractivity (Wildman–Crippen MR) is 121 cm³/mol. The molecule has 2 amide bonds. The van der Waals surface area contributed by atoms with Gasteiger partial charge in [0.25, 0.3) is 0 Å². The van der Waals surface area contributed by atoms with E-state index in [9.17, 15) is 9.59 Å². The summed E-state index contributed by atoms with van der Waals surface area (Å²) in [5.74, 6) is 1.52. The molecule has 0 aliphatic carbocycles. The first-order valence-electron chi connectivity index (χ1n) is 10.6. The van der Waals surface area contributed by atoms with Crippen LogP contribution < -0.4 is 19.7 Å². The zero-order valence-corrected chi connectivity index (χ0v) is 17.9. The number of carbonyl (C=O) groups excluding carboxylic acids is 2. The maximum Gasteiger partial charge on any atom is 0.243 e. The monoisotopic (exact) mass is 431 g/mol. The van der Waals surface area contributed by atoms with Crippen LogP contribution in [0.4, 0.5) is 5.69 Å². The molecule has 0 radical (unpaired) electrons. The molecular formula is C25H25N3O4. The number of nitrogens with one attached hydrogen (secondary N) is 1. The topological polar surface area (TPSA) is 80.8 Å². The van der Waals surface area contributed by atoms with Crippen LogP contribution in [0.1, 0.15) is 30.9 Å². The van der Waals surface area contributed by atoms with Crippen molar-refractivity contribution in [1.82, 2.24) is 10.3 Å². The van der Waals surface area contributed by atoms with Gasteiger partial charge in [0.15, 0.2) is 0 Å². The lowest BCUT2D eigenvalue weighted by atomic mass is 10.1. The molecule has 0 unspecified atom stereocenters. The summed E-state index contributed by atoms with van der Waals surface area (Å²) >= 11 is 0. The second-order valence-electron chi connectivity index (χ2n) is 7.37. The molecule has 0 spiro atoms. The molecule has 2 aromatic carbocycles. The first-order chi connectivity index (χ1) is 15.6. The van der Waals surface area contributed by atoms with Gasteiger partial charge in [0.05, 0.1) is 13.2 Å². The number of ether oxygens (including phenoxy) is 2. The average molecular weight is 431 g/mol. The van der Waals surface area contributed by atoms with Gasteiger partial charge >= 0.3 is 0 Å². The SMILES string of the molecule is CCOc1ccc(CNC(=O)CCC(=O)N2Cc3ccccc3Oc3ncccc32)cc1. The lowest BCUT2D eigenvalue weighted by Crippen LogP contribution is -2.31. The Hall–Kier alpha value is -3.87. The molecule has 0 saturated carbocycles. The lowest BCUT2D eigenvalue weighted by Gasteiger charge is -2.21. The van der Waals surface area contributed by atoms with E-state index in [0.717, 1.165) is 16.9 Å². The number of carbonyl (C=O) groups is 2. The molecule has 0 bridgehead atoms. The number of anilines is 1. The van der Waals surface area contributed by atoms with Crippen LogP contribution in [0.15, 0.2) is 66.9 Å². The third kappa shape index (κ3) is 5.06. The number of benzene rings is 2. The Bertz CT molecular complexity index is 1100. The van der Waals surface area contributed by atoms with E-state index in [0.29, 0.717) is 37.0 Å². The minimum absolute atomic E-state index is 0.0889. The Morgan fingerprint density at radius 1 is 1.06 bits per heavy atom. The van der Waals surface area contributed by atoms with Gasteiger partial charge in [0.1, 0.15) is 17.2 Å². The molecule has 0 saturated heterocycles. The van der Waals surface area contributed by atoms with Crippen molar-refractivity contribution in [2.45, 2.75) is 32.9 Å². The lowest BCUT2D eigenvalue weighted by molar-refractivity contribution is -0.125. The Morgan fingerprint density at radius 2 is 1.88 bits per heavy atom. The van der Waals surface area contributed by atoms with E-state index < -0.39 is 0 Å². The summed E-state index contributed by atoms with van der Waals surface area (Å²) in [6.07, 6.45) is 1.82. The van der Waals surface area contributed by atoms with Gasteiger partial charge < -0.3 is 19.7 Å². The molecule has 1 aliphatic heterocycles. The normalized spacial score (nSPS) is 12.1. The van der Waals surface area contributed by atoms with Crippen LogP contribution in [0.25, 0.3) is 0 Å². The van der Waals surface area contributed by atoms with E-state index in [-0.39, 0.29) is 24.7 Å². The summed E-state index contributed by atoms with van der Waals surface area (Å²) in [5.41, 5.74) is 2.46. The quantitative estimate of drug-likeness (QED) is 0.606.